The topological polar surface area (TPSA) is 55.6 Å². The van der Waals surface area contributed by atoms with Gasteiger partial charge in [0.15, 0.2) is 0 Å². The molecule has 0 atom stereocenters. The van der Waals surface area contributed by atoms with Gasteiger partial charge in [0.2, 0.25) is 5.95 Å². The second-order valence-electron chi connectivity index (χ2n) is 2.69. The molecule has 0 unspecified atom stereocenters. The summed E-state index contributed by atoms with van der Waals surface area (Å²) >= 11 is 0. The normalized spacial score (nSPS) is 10.1. The molecular formula is C8H8FN5. The fourth-order valence-corrected chi connectivity index (χ4v) is 0.976. The summed E-state index contributed by atoms with van der Waals surface area (Å²) in [5.41, 5.74) is 3.88. The Labute approximate surface area is 79.6 Å². The molecule has 0 bridgehead atoms. The summed E-state index contributed by atoms with van der Waals surface area (Å²) in [6.45, 7) is 0.547. The van der Waals surface area contributed by atoms with Crippen LogP contribution in [0.5, 0.6) is 0 Å². The van der Waals surface area contributed by atoms with E-state index >= 15 is 0 Å². The van der Waals surface area contributed by atoms with E-state index < -0.39 is 5.95 Å². The van der Waals surface area contributed by atoms with Crippen molar-refractivity contribution < 1.29 is 4.39 Å². The summed E-state index contributed by atoms with van der Waals surface area (Å²) < 4.78 is 14.1. The van der Waals surface area contributed by atoms with Gasteiger partial charge in [-0.2, -0.15) is 4.39 Å². The predicted octanol–water partition coefficient (Wildman–Crippen LogP) is 0.556. The van der Waals surface area contributed by atoms with Crippen molar-refractivity contribution >= 4 is 0 Å². The monoisotopic (exact) mass is 193 g/mol. The Balaban J connectivity index is 1.95. The number of halogens is 1. The maximum absolute atomic E-state index is 12.4. The molecule has 0 aliphatic heterocycles. The van der Waals surface area contributed by atoms with Gasteiger partial charge in [0.05, 0.1) is 6.54 Å². The molecule has 0 saturated carbocycles. The van der Waals surface area contributed by atoms with E-state index in [1.807, 2.05) is 0 Å². The van der Waals surface area contributed by atoms with Crippen molar-refractivity contribution in [3.8, 4) is 0 Å². The molecule has 2 aromatic rings. The minimum atomic E-state index is -0.474. The number of nitrogens with zero attached hydrogens (tertiary/aromatic N) is 4. The summed E-state index contributed by atoms with van der Waals surface area (Å²) in [5.74, 6) is -0.474. The van der Waals surface area contributed by atoms with Gasteiger partial charge in [-0.15, -0.1) is 10.2 Å². The van der Waals surface area contributed by atoms with Gasteiger partial charge in [-0.05, 0) is 11.6 Å². The van der Waals surface area contributed by atoms with Crippen LogP contribution in [0.3, 0.4) is 0 Å². The zero-order valence-electron chi connectivity index (χ0n) is 7.26. The maximum atomic E-state index is 12.4. The fourth-order valence-electron chi connectivity index (χ4n) is 0.976. The lowest BCUT2D eigenvalue weighted by Gasteiger charge is -2.04. The average molecular weight is 193 g/mol. The lowest BCUT2D eigenvalue weighted by atomic mass is 10.3. The second kappa shape index (κ2) is 3.82. The predicted molar refractivity (Wildman–Crippen MR) is 47.3 cm³/mol. The molecule has 0 radical (unpaired) electrons. The molecular weight excluding hydrogens is 185 g/mol. The minimum Gasteiger partial charge on any atom is -0.319 e. The van der Waals surface area contributed by atoms with Gasteiger partial charge in [-0.3, -0.25) is 0 Å². The van der Waals surface area contributed by atoms with Crippen LogP contribution >= 0.6 is 0 Å². The summed E-state index contributed by atoms with van der Waals surface area (Å²) in [5, 5.41) is 7.25. The van der Waals surface area contributed by atoms with E-state index in [0.717, 1.165) is 5.56 Å². The van der Waals surface area contributed by atoms with Crippen molar-refractivity contribution in [1.82, 2.24) is 19.9 Å². The second-order valence-corrected chi connectivity index (χ2v) is 2.69. The van der Waals surface area contributed by atoms with Crippen LogP contribution < -0.4 is 5.43 Å². The van der Waals surface area contributed by atoms with E-state index in [4.69, 9.17) is 0 Å². The smallest absolute Gasteiger partial charge is 0.212 e. The molecule has 0 aliphatic carbocycles. The van der Waals surface area contributed by atoms with Crippen LogP contribution in [0.1, 0.15) is 5.56 Å². The lowest BCUT2D eigenvalue weighted by molar-refractivity contribution is 0.582. The Bertz CT molecular complexity index is 383. The van der Waals surface area contributed by atoms with Crippen molar-refractivity contribution in [2.75, 3.05) is 5.43 Å². The Kier molecular flexibility index (Phi) is 2.35. The molecule has 14 heavy (non-hydrogen) atoms. The number of hydrogen-bond acceptors (Lipinski definition) is 4. The molecule has 1 N–H and O–H groups in total. The number of nitrogens with one attached hydrogen (secondary N) is 1. The Morgan fingerprint density at radius 2 is 2.07 bits per heavy atom. The standard InChI is InChI=1S/C8H8FN5/c9-8-2-1-7(3-10-8)4-13-14-5-11-12-6-14/h1-3,5-6,13H,4H2. The molecule has 2 heterocycles. The number of pyridine rings is 1. The largest absolute Gasteiger partial charge is 0.319 e. The summed E-state index contributed by atoms with van der Waals surface area (Å²) in [7, 11) is 0. The van der Waals surface area contributed by atoms with Crippen LogP contribution in [0.25, 0.3) is 0 Å². The van der Waals surface area contributed by atoms with Gasteiger partial charge in [-0.1, -0.05) is 6.07 Å². The molecule has 2 rings (SSSR count). The van der Waals surface area contributed by atoms with Crippen LogP contribution in [0.4, 0.5) is 4.39 Å². The molecule has 0 saturated heterocycles. The Hall–Kier alpha value is -1.98. The van der Waals surface area contributed by atoms with Gasteiger partial charge in [0, 0.05) is 6.20 Å². The molecule has 0 aromatic carbocycles. The zero-order chi connectivity index (χ0) is 9.80. The minimum absolute atomic E-state index is 0.474. The van der Waals surface area contributed by atoms with Crippen LogP contribution in [0.15, 0.2) is 31.0 Å². The van der Waals surface area contributed by atoms with E-state index in [2.05, 4.69) is 20.6 Å². The fraction of sp³-hybridized carbons (Fsp3) is 0.125. The van der Waals surface area contributed by atoms with Crippen molar-refractivity contribution in [3.05, 3.63) is 42.5 Å². The Morgan fingerprint density at radius 1 is 1.29 bits per heavy atom. The summed E-state index contributed by atoms with van der Waals surface area (Å²) in [4.78, 5) is 3.53. The number of rotatable bonds is 3. The summed E-state index contributed by atoms with van der Waals surface area (Å²) in [6.07, 6.45) is 4.56. The number of hydrogen-bond donors (Lipinski definition) is 1. The first-order valence-corrected chi connectivity index (χ1v) is 4.03. The highest BCUT2D eigenvalue weighted by Crippen LogP contribution is 1.98. The third-order valence-electron chi connectivity index (χ3n) is 1.67. The van der Waals surface area contributed by atoms with E-state index in [1.165, 1.54) is 24.9 Å². The molecule has 0 aliphatic rings. The third kappa shape index (κ3) is 2.03. The summed E-state index contributed by atoms with van der Waals surface area (Å²) in [6, 6.07) is 2.99. The van der Waals surface area contributed by atoms with E-state index in [-0.39, 0.29) is 0 Å². The first-order chi connectivity index (χ1) is 6.84. The van der Waals surface area contributed by atoms with Gasteiger partial charge < -0.3 is 5.43 Å². The molecule has 0 spiro atoms. The van der Waals surface area contributed by atoms with Gasteiger partial charge in [0.1, 0.15) is 12.7 Å². The van der Waals surface area contributed by atoms with Crippen LogP contribution in [-0.2, 0) is 6.54 Å². The molecule has 0 amide bonds. The third-order valence-corrected chi connectivity index (χ3v) is 1.67. The van der Waals surface area contributed by atoms with Gasteiger partial charge in [0.25, 0.3) is 0 Å². The highest BCUT2D eigenvalue weighted by molar-refractivity contribution is 5.10. The van der Waals surface area contributed by atoms with Crippen LogP contribution in [0, 0.1) is 5.95 Å². The van der Waals surface area contributed by atoms with Crippen molar-refractivity contribution in [1.29, 1.82) is 0 Å². The molecule has 0 fully saturated rings. The molecule has 6 heteroatoms. The number of aromatic nitrogens is 4. The quantitative estimate of drug-likeness (QED) is 0.723. The Morgan fingerprint density at radius 3 is 2.71 bits per heavy atom. The zero-order valence-corrected chi connectivity index (χ0v) is 7.26. The van der Waals surface area contributed by atoms with Crippen molar-refractivity contribution in [3.63, 3.8) is 0 Å². The van der Waals surface area contributed by atoms with Crippen molar-refractivity contribution in [2.24, 2.45) is 0 Å². The van der Waals surface area contributed by atoms with Crippen LogP contribution in [0.2, 0.25) is 0 Å². The first kappa shape index (κ1) is 8.61. The molecule has 2 aromatic heterocycles. The maximum Gasteiger partial charge on any atom is 0.212 e. The highest BCUT2D eigenvalue weighted by atomic mass is 19.1. The van der Waals surface area contributed by atoms with Gasteiger partial charge >= 0.3 is 0 Å². The highest BCUT2D eigenvalue weighted by Gasteiger charge is 1.94. The van der Waals surface area contributed by atoms with E-state index in [1.54, 1.807) is 10.7 Å². The van der Waals surface area contributed by atoms with Crippen molar-refractivity contribution in [2.45, 2.75) is 6.54 Å². The van der Waals surface area contributed by atoms with E-state index in [0.29, 0.717) is 6.54 Å². The van der Waals surface area contributed by atoms with Crippen LogP contribution in [-0.4, -0.2) is 19.9 Å². The average Bonchev–Trinajstić information content (AvgIpc) is 2.70. The van der Waals surface area contributed by atoms with Gasteiger partial charge in [-0.25, -0.2) is 9.66 Å². The van der Waals surface area contributed by atoms with E-state index in [9.17, 15) is 4.39 Å². The molecule has 5 nitrogen and oxygen atoms in total. The first-order valence-electron chi connectivity index (χ1n) is 4.03. The SMILES string of the molecule is Fc1ccc(CNn2cnnc2)cn1. The molecule has 72 valence electrons. The lowest BCUT2D eigenvalue weighted by Crippen LogP contribution is -2.12.